The number of ether oxygens (including phenoxy) is 1. The molecule has 0 atom stereocenters. The van der Waals surface area contributed by atoms with Crippen molar-refractivity contribution in [3.05, 3.63) is 20.3 Å². The largest absolute Gasteiger partial charge is 0.380 e. The molecule has 84 valence electrons. The summed E-state index contributed by atoms with van der Waals surface area (Å²) in [7, 11) is 0. The lowest BCUT2D eigenvalue weighted by atomic mass is 9.89. The molecule has 2 heterocycles. The van der Waals surface area contributed by atoms with E-state index in [0.717, 1.165) is 26.3 Å². The molecule has 1 aromatic rings. The molecule has 0 aliphatic carbocycles. The third-order valence-corrected chi connectivity index (χ3v) is 4.80. The highest BCUT2D eigenvalue weighted by Crippen LogP contribution is 2.27. The Balaban J connectivity index is 1.78. The van der Waals surface area contributed by atoms with Crippen LogP contribution in [0.2, 0.25) is 0 Å². The van der Waals surface area contributed by atoms with E-state index in [1.165, 1.54) is 14.2 Å². The first-order valence-electron chi connectivity index (χ1n) is 5.12. The summed E-state index contributed by atoms with van der Waals surface area (Å²) in [5, 5.41) is 3.49. The fourth-order valence-electron chi connectivity index (χ4n) is 1.65. The van der Waals surface area contributed by atoms with E-state index in [1.807, 2.05) is 11.3 Å². The van der Waals surface area contributed by atoms with E-state index < -0.39 is 0 Å². The Hall–Kier alpha value is 0.100. The molecule has 0 saturated carbocycles. The maximum absolute atomic E-state index is 5.22. The van der Waals surface area contributed by atoms with Gasteiger partial charge in [0, 0.05) is 32.7 Å². The van der Waals surface area contributed by atoms with Crippen LogP contribution in [-0.2, 0) is 11.3 Å². The molecule has 1 fully saturated rings. The lowest BCUT2D eigenvalue weighted by Crippen LogP contribution is -2.47. The third-order valence-electron chi connectivity index (χ3n) is 2.66. The second kappa shape index (κ2) is 4.53. The van der Waals surface area contributed by atoms with Crippen LogP contribution in [0.15, 0.2) is 10.5 Å². The molecule has 0 spiro atoms. The number of hydrogen-bond acceptors (Lipinski definition) is 3. The van der Waals surface area contributed by atoms with Gasteiger partial charge in [-0.2, -0.15) is 0 Å². The van der Waals surface area contributed by atoms with Gasteiger partial charge in [-0.25, -0.2) is 0 Å². The van der Waals surface area contributed by atoms with Gasteiger partial charge in [0.05, 0.1) is 13.2 Å². The summed E-state index contributed by atoms with van der Waals surface area (Å²) < 4.78 is 6.44. The molecule has 15 heavy (non-hydrogen) atoms. The van der Waals surface area contributed by atoms with Crippen molar-refractivity contribution in [1.82, 2.24) is 5.32 Å². The highest BCUT2D eigenvalue weighted by molar-refractivity contribution is 9.10. The molecule has 2 nitrogen and oxygen atoms in total. The number of halogens is 1. The summed E-state index contributed by atoms with van der Waals surface area (Å²) in [5.74, 6) is 0. The van der Waals surface area contributed by atoms with Gasteiger partial charge in [0.1, 0.15) is 0 Å². The van der Waals surface area contributed by atoms with Crippen LogP contribution in [0.1, 0.15) is 16.7 Å². The predicted octanol–water partition coefficient (Wildman–Crippen LogP) is 2.95. The van der Waals surface area contributed by atoms with Crippen LogP contribution in [0.4, 0.5) is 0 Å². The van der Waals surface area contributed by atoms with Gasteiger partial charge in [-0.3, -0.25) is 0 Å². The molecule has 1 aliphatic rings. The molecular weight excluding hydrogens is 274 g/mol. The first-order valence-corrected chi connectivity index (χ1v) is 6.73. The Morgan fingerprint density at radius 1 is 1.60 bits per heavy atom. The van der Waals surface area contributed by atoms with Crippen LogP contribution < -0.4 is 5.32 Å². The van der Waals surface area contributed by atoms with Crippen molar-refractivity contribution < 1.29 is 4.74 Å². The minimum atomic E-state index is 0.365. The summed E-state index contributed by atoms with van der Waals surface area (Å²) in [6, 6.07) is 2.20. The quantitative estimate of drug-likeness (QED) is 0.920. The van der Waals surface area contributed by atoms with E-state index in [0.29, 0.717) is 5.41 Å². The van der Waals surface area contributed by atoms with Gasteiger partial charge in [0.15, 0.2) is 0 Å². The second-order valence-electron chi connectivity index (χ2n) is 4.52. The minimum absolute atomic E-state index is 0.365. The standard InChI is InChI=1S/C11H16BrNOS/c1-8-10(12)3-9(15-8)4-13-5-11(2)6-14-7-11/h3,13H,4-7H2,1-2H3. The van der Waals surface area contributed by atoms with E-state index in [1.54, 1.807) is 0 Å². The summed E-state index contributed by atoms with van der Waals surface area (Å²) in [4.78, 5) is 2.74. The first kappa shape index (κ1) is 11.6. The van der Waals surface area contributed by atoms with Gasteiger partial charge in [-0.15, -0.1) is 11.3 Å². The van der Waals surface area contributed by atoms with E-state index in [-0.39, 0.29) is 0 Å². The lowest BCUT2D eigenvalue weighted by Gasteiger charge is -2.38. The maximum atomic E-state index is 5.22. The average Bonchev–Trinajstić information content (AvgIpc) is 2.43. The Bertz CT molecular complexity index is 327. The van der Waals surface area contributed by atoms with E-state index in [9.17, 15) is 0 Å². The predicted molar refractivity (Wildman–Crippen MR) is 67.4 cm³/mol. The Labute approximate surface area is 103 Å². The topological polar surface area (TPSA) is 21.3 Å². The zero-order valence-corrected chi connectivity index (χ0v) is 11.5. The number of thiophene rings is 1. The fourth-order valence-corrected chi connectivity index (χ4v) is 3.22. The SMILES string of the molecule is Cc1sc(CNCC2(C)COC2)cc1Br. The molecule has 1 saturated heterocycles. The number of aryl methyl sites for hydroxylation is 1. The first-order chi connectivity index (χ1) is 7.09. The van der Waals surface area contributed by atoms with Gasteiger partial charge in [-0.1, -0.05) is 6.92 Å². The van der Waals surface area contributed by atoms with Crippen molar-refractivity contribution in [2.75, 3.05) is 19.8 Å². The zero-order chi connectivity index (χ0) is 10.9. The van der Waals surface area contributed by atoms with Crippen molar-refractivity contribution in [2.24, 2.45) is 5.41 Å². The van der Waals surface area contributed by atoms with E-state index >= 15 is 0 Å². The Morgan fingerprint density at radius 2 is 2.33 bits per heavy atom. The number of hydrogen-bond donors (Lipinski definition) is 1. The van der Waals surface area contributed by atoms with Crippen LogP contribution in [0.5, 0.6) is 0 Å². The Kier molecular flexibility index (Phi) is 3.50. The number of nitrogens with one attached hydrogen (secondary N) is 1. The van der Waals surface area contributed by atoms with Crippen LogP contribution in [0, 0.1) is 12.3 Å². The van der Waals surface area contributed by atoms with Crippen molar-refractivity contribution >= 4 is 27.3 Å². The van der Waals surface area contributed by atoms with Crippen LogP contribution in [0.3, 0.4) is 0 Å². The normalized spacial score (nSPS) is 18.9. The van der Waals surface area contributed by atoms with Gasteiger partial charge in [-0.05, 0) is 28.9 Å². The van der Waals surface area contributed by atoms with Crippen molar-refractivity contribution in [2.45, 2.75) is 20.4 Å². The highest BCUT2D eigenvalue weighted by atomic mass is 79.9. The van der Waals surface area contributed by atoms with Gasteiger partial charge in [0.2, 0.25) is 0 Å². The van der Waals surface area contributed by atoms with Crippen LogP contribution in [-0.4, -0.2) is 19.8 Å². The van der Waals surface area contributed by atoms with Gasteiger partial charge in [0.25, 0.3) is 0 Å². The fraction of sp³-hybridized carbons (Fsp3) is 0.636. The van der Waals surface area contributed by atoms with Crippen LogP contribution >= 0.6 is 27.3 Å². The Morgan fingerprint density at radius 3 is 2.80 bits per heavy atom. The molecule has 1 aliphatic heterocycles. The second-order valence-corrected chi connectivity index (χ2v) is 6.72. The molecular formula is C11H16BrNOS. The van der Waals surface area contributed by atoms with E-state index in [2.05, 4.69) is 41.2 Å². The minimum Gasteiger partial charge on any atom is -0.380 e. The molecule has 0 unspecified atom stereocenters. The van der Waals surface area contributed by atoms with Crippen LogP contribution in [0.25, 0.3) is 0 Å². The molecule has 0 aromatic carbocycles. The number of rotatable bonds is 4. The monoisotopic (exact) mass is 289 g/mol. The van der Waals surface area contributed by atoms with Crippen molar-refractivity contribution in [3.8, 4) is 0 Å². The molecule has 0 amide bonds. The summed E-state index contributed by atoms with van der Waals surface area (Å²) in [6.45, 7) is 8.20. The van der Waals surface area contributed by atoms with Gasteiger partial charge >= 0.3 is 0 Å². The molecule has 4 heteroatoms. The average molecular weight is 290 g/mol. The molecule has 1 N–H and O–H groups in total. The maximum Gasteiger partial charge on any atom is 0.0554 e. The summed E-state index contributed by atoms with van der Waals surface area (Å²) in [6.07, 6.45) is 0. The summed E-state index contributed by atoms with van der Waals surface area (Å²) in [5.41, 5.74) is 0.365. The third kappa shape index (κ3) is 2.81. The van der Waals surface area contributed by atoms with E-state index in [4.69, 9.17) is 4.74 Å². The molecule has 1 aromatic heterocycles. The summed E-state index contributed by atoms with van der Waals surface area (Å²) >= 11 is 5.38. The zero-order valence-electron chi connectivity index (χ0n) is 9.10. The molecule has 0 bridgehead atoms. The smallest absolute Gasteiger partial charge is 0.0554 e. The van der Waals surface area contributed by atoms with Crippen molar-refractivity contribution in [1.29, 1.82) is 0 Å². The molecule has 2 rings (SSSR count). The molecule has 0 radical (unpaired) electrons. The lowest BCUT2D eigenvalue weighted by molar-refractivity contribution is -0.0991. The van der Waals surface area contributed by atoms with Crippen molar-refractivity contribution in [3.63, 3.8) is 0 Å². The highest BCUT2D eigenvalue weighted by Gasteiger charge is 2.32. The van der Waals surface area contributed by atoms with Gasteiger partial charge < -0.3 is 10.1 Å².